The van der Waals surface area contributed by atoms with E-state index in [1.807, 2.05) is 18.3 Å². The Morgan fingerprint density at radius 2 is 1.96 bits per heavy atom. The zero-order chi connectivity index (χ0) is 16.8. The van der Waals surface area contributed by atoms with Crippen LogP contribution in [0.15, 0.2) is 24.4 Å². The number of hydrogen-bond donors (Lipinski definition) is 1. The third-order valence-electron chi connectivity index (χ3n) is 4.87. The maximum atomic E-state index is 10.4. The van der Waals surface area contributed by atoms with Gasteiger partial charge in [-0.25, -0.2) is 4.98 Å². The molecule has 0 aromatic carbocycles. The minimum absolute atomic E-state index is 0.286. The van der Waals surface area contributed by atoms with Crippen LogP contribution in [0.2, 0.25) is 0 Å². The van der Waals surface area contributed by atoms with Crippen molar-refractivity contribution in [2.24, 2.45) is 0 Å². The zero-order valence-electron chi connectivity index (χ0n) is 15.0. The van der Waals surface area contributed by atoms with Crippen LogP contribution in [0.1, 0.15) is 27.7 Å². The lowest BCUT2D eigenvalue weighted by molar-refractivity contribution is 0.0526. The van der Waals surface area contributed by atoms with Crippen molar-refractivity contribution in [3.05, 3.63) is 24.4 Å². The maximum Gasteiger partial charge on any atom is 0.128 e. The fourth-order valence-corrected chi connectivity index (χ4v) is 3.40. The summed E-state index contributed by atoms with van der Waals surface area (Å²) in [5, 5.41) is 10.4. The number of hydrogen-bond acceptors (Lipinski definition) is 5. The second-order valence-electron chi connectivity index (χ2n) is 6.63. The molecule has 0 saturated carbocycles. The Morgan fingerprint density at radius 1 is 1.22 bits per heavy atom. The number of aliphatic hydroxyl groups excluding tert-OH is 1. The largest absolute Gasteiger partial charge is 0.390 e. The molecule has 2 heterocycles. The van der Waals surface area contributed by atoms with E-state index in [4.69, 9.17) is 0 Å². The van der Waals surface area contributed by atoms with Crippen LogP contribution >= 0.6 is 0 Å². The molecule has 23 heavy (non-hydrogen) atoms. The van der Waals surface area contributed by atoms with Gasteiger partial charge in [0.1, 0.15) is 5.82 Å². The summed E-state index contributed by atoms with van der Waals surface area (Å²) < 4.78 is 0. The molecule has 5 nitrogen and oxygen atoms in total. The molecule has 0 bridgehead atoms. The van der Waals surface area contributed by atoms with E-state index in [1.54, 1.807) is 0 Å². The molecule has 130 valence electrons. The van der Waals surface area contributed by atoms with Crippen LogP contribution in [0.5, 0.6) is 0 Å². The Balaban J connectivity index is 1.92. The predicted molar refractivity (Wildman–Crippen MR) is 95.9 cm³/mol. The first-order chi connectivity index (χ1) is 11.0. The lowest BCUT2D eigenvalue weighted by Crippen LogP contribution is -2.58. The van der Waals surface area contributed by atoms with Gasteiger partial charge in [0.05, 0.1) is 6.10 Å². The molecule has 3 unspecified atom stereocenters. The average molecular weight is 320 g/mol. The van der Waals surface area contributed by atoms with Crippen molar-refractivity contribution in [3.8, 4) is 0 Å². The van der Waals surface area contributed by atoms with Crippen LogP contribution in [-0.4, -0.2) is 77.3 Å². The van der Waals surface area contributed by atoms with Crippen molar-refractivity contribution in [3.63, 3.8) is 0 Å². The molecule has 1 aliphatic rings. The number of aromatic nitrogens is 1. The van der Waals surface area contributed by atoms with E-state index in [1.165, 1.54) is 0 Å². The molecule has 5 heteroatoms. The van der Waals surface area contributed by atoms with Crippen molar-refractivity contribution in [2.75, 3.05) is 44.2 Å². The quantitative estimate of drug-likeness (QED) is 0.828. The summed E-state index contributed by atoms with van der Waals surface area (Å²) in [7, 11) is 0. The third-order valence-corrected chi connectivity index (χ3v) is 4.87. The van der Waals surface area contributed by atoms with Gasteiger partial charge < -0.3 is 14.9 Å². The Kier molecular flexibility index (Phi) is 6.81. The van der Waals surface area contributed by atoms with E-state index in [0.717, 1.165) is 45.1 Å². The number of β-amino-alcohol motifs (C(OH)–C–C–N with tert-alkyl or cyclic N) is 1. The topological polar surface area (TPSA) is 42.8 Å². The van der Waals surface area contributed by atoms with Gasteiger partial charge in [-0.15, -0.1) is 0 Å². The fourth-order valence-electron chi connectivity index (χ4n) is 3.40. The van der Waals surface area contributed by atoms with Gasteiger partial charge in [0, 0.05) is 44.5 Å². The number of pyridine rings is 1. The van der Waals surface area contributed by atoms with Crippen LogP contribution in [0, 0.1) is 0 Å². The first-order valence-electron chi connectivity index (χ1n) is 8.87. The van der Waals surface area contributed by atoms with E-state index in [0.29, 0.717) is 12.1 Å². The van der Waals surface area contributed by atoms with Gasteiger partial charge >= 0.3 is 0 Å². The highest BCUT2D eigenvalue weighted by Gasteiger charge is 2.30. The van der Waals surface area contributed by atoms with Crippen LogP contribution in [-0.2, 0) is 0 Å². The molecular weight excluding hydrogens is 288 g/mol. The normalized spacial score (nSPS) is 24.2. The van der Waals surface area contributed by atoms with Crippen LogP contribution < -0.4 is 4.90 Å². The summed E-state index contributed by atoms with van der Waals surface area (Å²) in [4.78, 5) is 11.6. The minimum atomic E-state index is -0.286. The lowest BCUT2D eigenvalue weighted by Gasteiger charge is -2.45. The lowest BCUT2D eigenvalue weighted by atomic mass is 10.1. The Labute approximate surface area is 140 Å². The molecular formula is C18H32N4O. The van der Waals surface area contributed by atoms with E-state index in [-0.39, 0.29) is 6.10 Å². The van der Waals surface area contributed by atoms with Gasteiger partial charge in [-0.3, -0.25) is 4.90 Å². The number of nitrogens with zero attached hydrogens (tertiary/aromatic N) is 4. The zero-order valence-corrected chi connectivity index (χ0v) is 15.0. The molecule has 1 fully saturated rings. The van der Waals surface area contributed by atoms with E-state index in [9.17, 15) is 5.11 Å². The van der Waals surface area contributed by atoms with Gasteiger partial charge in [0.15, 0.2) is 0 Å². The van der Waals surface area contributed by atoms with Gasteiger partial charge in [-0.2, -0.15) is 0 Å². The highest BCUT2D eigenvalue weighted by molar-refractivity contribution is 5.40. The Hall–Kier alpha value is -1.17. The predicted octanol–water partition coefficient (Wildman–Crippen LogP) is 1.68. The fraction of sp³-hybridized carbons (Fsp3) is 0.722. The number of anilines is 1. The number of piperazine rings is 1. The highest BCUT2D eigenvalue weighted by atomic mass is 16.3. The SMILES string of the molecule is CCN(CC)CC(O)CN1CC(C)N(c2ccccn2)CC1C. The summed E-state index contributed by atoms with van der Waals surface area (Å²) >= 11 is 0. The molecule has 1 saturated heterocycles. The van der Waals surface area contributed by atoms with Crippen molar-refractivity contribution in [2.45, 2.75) is 45.9 Å². The minimum Gasteiger partial charge on any atom is -0.390 e. The summed E-state index contributed by atoms with van der Waals surface area (Å²) in [5.41, 5.74) is 0. The third kappa shape index (κ3) is 4.90. The van der Waals surface area contributed by atoms with Crippen molar-refractivity contribution < 1.29 is 5.11 Å². The smallest absolute Gasteiger partial charge is 0.128 e. The van der Waals surface area contributed by atoms with E-state index in [2.05, 4.69) is 53.4 Å². The number of rotatable bonds is 7. The number of likely N-dealkylation sites (N-methyl/N-ethyl adjacent to an activating group) is 1. The highest BCUT2D eigenvalue weighted by Crippen LogP contribution is 2.21. The molecule has 0 amide bonds. The van der Waals surface area contributed by atoms with Crippen LogP contribution in [0.4, 0.5) is 5.82 Å². The molecule has 3 atom stereocenters. The summed E-state index contributed by atoms with van der Waals surface area (Å²) in [6.07, 6.45) is 1.57. The molecule has 1 aromatic rings. The molecule has 0 radical (unpaired) electrons. The summed E-state index contributed by atoms with van der Waals surface area (Å²) in [6, 6.07) is 6.90. The average Bonchev–Trinajstić information content (AvgIpc) is 2.56. The molecule has 1 aromatic heterocycles. The second-order valence-corrected chi connectivity index (χ2v) is 6.63. The van der Waals surface area contributed by atoms with Crippen molar-refractivity contribution in [1.29, 1.82) is 0 Å². The van der Waals surface area contributed by atoms with E-state index < -0.39 is 0 Å². The molecule has 1 aliphatic heterocycles. The Bertz CT molecular complexity index is 452. The first kappa shape index (κ1) is 18.2. The van der Waals surface area contributed by atoms with Gasteiger partial charge in [-0.05, 0) is 39.1 Å². The maximum absolute atomic E-state index is 10.4. The van der Waals surface area contributed by atoms with E-state index >= 15 is 0 Å². The summed E-state index contributed by atoms with van der Waals surface area (Å²) in [5.74, 6) is 1.05. The molecule has 2 rings (SSSR count). The first-order valence-corrected chi connectivity index (χ1v) is 8.87. The van der Waals surface area contributed by atoms with Crippen LogP contribution in [0.3, 0.4) is 0 Å². The van der Waals surface area contributed by atoms with Crippen LogP contribution in [0.25, 0.3) is 0 Å². The Morgan fingerprint density at radius 3 is 2.57 bits per heavy atom. The standard InChI is InChI=1S/C18H32N4O/c1-5-20(6-2)13-17(23)14-21-11-16(4)22(12-15(21)3)18-9-7-8-10-19-18/h7-10,15-17,23H,5-6,11-14H2,1-4H3. The molecule has 0 aliphatic carbocycles. The molecule has 0 spiro atoms. The van der Waals surface area contributed by atoms with Crippen molar-refractivity contribution in [1.82, 2.24) is 14.8 Å². The summed E-state index contributed by atoms with van der Waals surface area (Å²) in [6.45, 7) is 14.2. The van der Waals surface area contributed by atoms with Gasteiger partial charge in [-0.1, -0.05) is 19.9 Å². The van der Waals surface area contributed by atoms with Crippen molar-refractivity contribution >= 4 is 5.82 Å². The number of aliphatic hydroxyl groups is 1. The van der Waals surface area contributed by atoms with Gasteiger partial charge in [0.2, 0.25) is 0 Å². The molecule has 1 N–H and O–H groups in total. The second kappa shape index (κ2) is 8.62. The van der Waals surface area contributed by atoms with Gasteiger partial charge in [0.25, 0.3) is 0 Å². The monoisotopic (exact) mass is 320 g/mol.